The highest BCUT2D eigenvalue weighted by molar-refractivity contribution is 7.71. The Balaban J connectivity index is 3.55. The summed E-state index contributed by atoms with van der Waals surface area (Å²) >= 11 is 0. The van der Waals surface area contributed by atoms with Crippen LogP contribution in [0.4, 0.5) is 0 Å². The first kappa shape index (κ1) is 8.16. The van der Waals surface area contributed by atoms with Gasteiger partial charge in [0.2, 0.25) is 16.2 Å². The number of carbonyl (C=O) groups excluding carboxylic acids is 1. The molecule has 0 atom stereocenters. The van der Waals surface area contributed by atoms with Crippen LogP contribution < -0.4 is 5.32 Å². The SMILES string of the molecule is CC(=O)NCC=S(=O)=O. The summed E-state index contributed by atoms with van der Waals surface area (Å²) in [5.41, 5.74) is 0. The highest BCUT2D eigenvalue weighted by atomic mass is 32.2. The highest BCUT2D eigenvalue weighted by Crippen LogP contribution is 1.54. The Morgan fingerprint density at radius 2 is 2.22 bits per heavy atom. The molecular weight excluding hydrogens is 142 g/mol. The molecule has 0 fully saturated rings. The molecule has 9 heavy (non-hydrogen) atoms. The first-order chi connectivity index (χ1) is 4.13. The molecule has 0 radical (unpaired) electrons. The van der Waals surface area contributed by atoms with Crippen molar-refractivity contribution in [2.24, 2.45) is 0 Å². The number of amides is 1. The maximum absolute atomic E-state index is 10.1. The second kappa shape index (κ2) is 4.08. The van der Waals surface area contributed by atoms with Crippen LogP contribution in [-0.2, 0) is 15.1 Å². The van der Waals surface area contributed by atoms with Crippen LogP contribution in [0.15, 0.2) is 0 Å². The van der Waals surface area contributed by atoms with Crippen LogP contribution in [0.3, 0.4) is 0 Å². The van der Waals surface area contributed by atoms with E-state index in [-0.39, 0.29) is 12.5 Å². The molecule has 0 aliphatic heterocycles. The predicted molar refractivity (Wildman–Crippen MR) is 33.7 cm³/mol. The maximum Gasteiger partial charge on any atom is 0.217 e. The second-order valence-corrected chi connectivity index (χ2v) is 2.22. The lowest BCUT2D eigenvalue weighted by molar-refractivity contribution is -0.118. The zero-order valence-corrected chi connectivity index (χ0v) is 5.73. The number of hydrogen-bond donors (Lipinski definition) is 1. The molecule has 0 aromatic heterocycles. The molecule has 0 heterocycles. The molecule has 0 aliphatic carbocycles. The summed E-state index contributed by atoms with van der Waals surface area (Å²) < 4.78 is 19.5. The molecule has 0 aromatic carbocycles. The average Bonchev–Trinajstić information content (AvgIpc) is 1.63. The van der Waals surface area contributed by atoms with E-state index in [1.807, 2.05) is 0 Å². The average molecular weight is 149 g/mol. The third kappa shape index (κ3) is 7.16. The molecule has 0 spiro atoms. The Bertz CT molecular complexity index is 208. The Morgan fingerprint density at radius 1 is 1.67 bits per heavy atom. The Morgan fingerprint density at radius 3 is 2.56 bits per heavy atom. The lowest BCUT2D eigenvalue weighted by Crippen LogP contribution is -2.21. The Labute approximate surface area is 54.4 Å². The van der Waals surface area contributed by atoms with E-state index < -0.39 is 10.3 Å². The van der Waals surface area contributed by atoms with Crippen molar-refractivity contribution >= 4 is 21.6 Å². The topological polar surface area (TPSA) is 63.2 Å². The molecule has 0 bridgehead atoms. The third-order valence-electron chi connectivity index (χ3n) is 0.570. The van der Waals surface area contributed by atoms with Crippen molar-refractivity contribution in [1.29, 1.82) is 0 Å². The van der Waals surface area contributed by atoms with Gasteiger partial charge in [0.05, 0.1) is 11.9 Å². The molecule has 0 aliphatic rings. The standard InChI is InChI=1S/C4H7NO3S/c1-4(6)5-2-3-9(7)8/h3H,2H2,1H3,(H,5,6). The zero-order chi connectivity index (χ0) is 7.28. The van der Waals surface area contributed by atoms with Gasteiger partial charge in [0.1, 0.15) is 0 Å². The van der Waals surface area contributed by atoms with Crippen molar-refractivity contribution in [3.8, 4) is 0 Å². The van der Waals surface area contributed by atoms with Gasteiger partial charge in [-0.05, 0) is 0 Å². The van der Waals surface area contributed by atoms with Gasteiger partial charge in [-0.15, -0.1) is 0 Å². The highest BCUT2D eigenvalue weighted by Gasteiger charge is 1.83. The third-order valence-corrected chi connectivity index (χ3v) is 1.01. The molecule has 0 unspecified atom stereocenters. The molecular formula is C4H7NO3S. The van der Waals surface area contributed by atoms with E-state index in [1.165, 1.54) is 6.92 Å². The monoisotopic (exact) mass is 149 g/mol. The fraction of sp³-hybridized carbons (Fsp3) is 0.500. The van der Waals surface area contributed by atoms with Crippen LogP contribution in [0.5, 0.6) is 0 Å². The van der Waals surface area contributed by atoms with E-state index in [4.69, 9.17) is 0 Å². The zero-order valence-electron chi connectivity index (χ0n) is 4.92. The Hall–Kier alpha value is -0.840. The van der Waals surface area contributed by atoms with Gasteiger partial charge in [0.25, 0.3) is 0 Å². The molecule has 1 amide bonds. The summed E-state index contributed by atoms with van der Waals surface area (Å²) in [6.07, 6.45) is 0. The summed E-state index contributed by atoms with van der Waals surface area (Å²) in [6, 6.07) is 0. The predicted octanol–water partition coefficient (Wildman–Crippen LogP) is -1.20. The van der Waals surface area contributed by atoms with E-state index in [2.05, 4.69) is 5.32 Å². The van der Waals surface area contributed by atoms with Gasteiger partial charge in [-0.2, -0.15) is 8.42 Å². The van der Waals surface area contributed by atoms with Gasteiger partial charge in [0, 0.05) is 6.92 Å². The van der Waals surface area contributed by atoms with Crippen LogP contribution in [-0.4, -0.2) is 26.2 Å². The van der Waals surface area contributed by atoms with Crippen LogP contribution in [0.25, 0.3) is 0 Å². The van der Waals surface area contributed by atoms with E-state index in [0.29, 0.717) is 0 Å². The van der Waals surface area contributed by atoms with Gasteiger partial charge < -0.3 is 5.32 Å². The quantitative estimate of drug-likeness (QED) is 0.502. The van der Waals surface area contributed by atoms with Crippen LogP contribution in [0, 0.1) is 0 Å². The van der Waals surface area contributed by atoms with Crippen LogP contribution >= 0.6 is 0 Å². The lowest BCUT2D eigenvalue weighted by atomic mass is 10.6. The minimum Gasteiger partial charge on any atom is -0.352 e. The van der Waals surface area contributed by atoms with Gasteiger partial charge >= 0.3 is 0 Å². The number of hydrogen-bond acceptors (Lipinski definition) is 3. The fourth-order valence-corrected chi connectivity index (χ4v) is 0.473. The molecule has 0 saturated heterocycles. The van der Waals surface area contributed by atoms with Gasteiger partial charge in [-0.3, -0.25) is 4.79 Å². The second-order valence-electron chi connectivity index (χ2n) is 1.36. The van der Waals surface area contributed by atoms with Gasteiger partial charge in [-0.1, -0.05) is 0 Å². The minimum atomic E-state index is -2.17. The molecule has 5 heteroatoms. The first-order valence-electron chi connectivity index (χ1n) is 2.28. The molecule has 52 valence electrons. The van der Waals surface area contributed by atoms with E-state index in [1.54, 1.807) is 0 Å². The summed E-state index contributed by atoms with van der Waals surface area (Å²) in [5.74, 6) is -0.239. The van der Waals surface area contributed by atoms with Crippen molar-refractivity contribution in [2.45, 2.75) is 6.92 Å². The van der Waals surface area contributed by atoms with E-state index >= 15 is 0 Å². The summed E-state index contributed by atoms with van der Waals surface area (Å²) in [7, 11) is -2.17. The van der Waals surface area contributed by atoms with Crippen molar-refractivity contribution in [1.82, 2.24) is 5.32 Å². The molecule has 0 rings (SSSR count). The van der Waals surface area contributed by atoms with Crippen molar-refractivity contribution in [3.63, 3.8) is 0 Å². The smallest absolute Gasteiger partial charge is 0.217 e. The summed E-state index contributed by atoms with van der Waals surface area (Å²) in [5, 5.41) is 3.26. The molecule has 1 N–H and O–H groups in total. The number of rotatable bonds is 2. The van der Waals surface area contributed by atoms with Crippen LogP contribution in [0.1, 0.15) is 6.92 Å². The van der Waals surface area contributed by atoms with Gasteiger partial charge in [0.15, 0.2) is 0 Å². The Kier molecular flexibility index (Phi) is 3.70. The lowest BCUT2D eigenvalue weighted by Gasteiger charge is -1.89. The van der Waals surface area contributed by atoms with Crippen molar-refractivity contribution in [2.75, 3.05) is 6.54 Å². The summed E-state index contributed by atoms with van der Waals surface area (Å²) in [4.78, 5) is 10.1. The number of carbonyl (C=O) groups is 1. The van der Waals surface area contributed by atoms with Crippen molar-refractivity contribution < 1.29 is 13.2 Å². The minimum absolute atomic E-state index is 0.0748. The summed E-state index contributed by atoms with van der Waals surface area (Å²) in [6.45, 7) is 1.40. The first-order valence-corrected chi connectivity index (χ1v) is 3.42. The molecule has 4 nitrogen and oxygen atoms in total. The van der Waals surface area contributed by atoms with Crippen LogP contribution in [0.2, 0.25) is 0 Å². The van der Waals surface area contributed by atoms with E-state index in [9.17, 15) is 13.2 Å². The molecule has 0 aromatic rings. The van der Waals surface area contributed by atoms with Crippen molar-refractivity contribution in [3.05, 3.63) is 0 Å². The molecule has 0 saturated carbocycles. The fourth-order valence-electron chi connectivity index (χ4n) is 0.253. The van der Waals surface area contributed by atoms with Gasteiger partial charge in [-0.25, -0.2) is 0 Å². The largest absolute Gasteiger partial charge is 0.352 e. The van der Waals surface area contributed by atoms with E-state index in [0.717, 1.165) is 5.37 Å². The maximum atomic E-state index is 10.1. The number of nitrogens with one attached hydrogen (secondary N) is 1. The normalized spacial score (nSPS) is 8.11.